The Bertz CT molecular complexity index is 305. The Morgan fingerprint density at radius 2 is 2.36 bits per heavy atom. The summed E-state index contributed by atoms with van der Waals surface area (Å²) in [5, 5.41) is 3.32. The lowest BCUT2D eigenvalue weighted by atomic mass is 9.76. The monoisotopic (exact) mass is 191 g/mol. The van der Waals surface area contributed by atoms with Crippen molar-refractivity contribution in [1.29, 1.82) is 0 Å². The van der Waals surface area contributed by atoms with Gasteiger partial charge in [0, 0.05) is 24.5 Å². The summed E-state index contributed by atoms with van der Waals surface area (Å²) < 4.78 is 0. The van der Waals surface area contributed by atoms with Gasteiger partial charge in [-0.2, -0.15) is 0 Å². The van der Waals surface area contributed by atoms with Crippen molar-refractivity contribution in [3.63, 3.8) is 0 Å². The van der Waals surface area contributed by atoms with Crippen molar-refractivity contribution in [2.24, 2.45) is 11.8 Å². The van der Waals surface area contributed by atoms with Crippen LogP contribution in [0.1, 0.15) is 19.8 Å². The lowest BCUT2D eigenvalue weighted by molar-refractivity contribution is 0.225. The van der Waals surface area contributed by atoms with E-state index in [-0.39, 0.29) is 0 Å². The first-order chi connectivity index (χ1) is 6.74. The number of hydrogen-bond acceptors (Lipinski definition) is 3. The molecule has 2 rings (SSSR count). The zero-order valence-electron chi connectivity index (χ0n) is 8.53. The van der Waals surface area contributed by atoms with Crippen LogP contribution >= 0.6 is 0 Å². The highest BCUT2D eigenvalue weighted by atomic mass is 15.0. The Morgan fingerprint density at radius 3 is 3.00 bits per heavy atom. The molecule has 1 saturated carbocycles. The Balaban J connectivity index is 1.80. The smallest absolute Gasteiger partial charge is 0.127 e. The van der Waals surface area contributed by atoms with Gasteiger partial charge in [-0.25, -0.2) is 4.98 Å². The summed E-state index contributed by atoms with van der Waals surface area (Å²) >= 11 is 0. The van der Waals surface area contributed by atoms with Gasteiger partial charge in [-0.3, -0.25) is 0 Å². The number of anilines is 2. The third-order valence-corrected chi connectivity index (χ3v) is 2.83. The van der Waals surface area contributed by atoms with Gasteiger partial charge in [-0.15, -0.1) is 0 Å². The largest absolute Gasteiger partial charge is 0.399 e. The molecular formula is C11H17N3. The second-order valence-corrected chi connectivity index (χ2v) is 4.30. The summed E-state index contributed by atoms with van der Waals surface area (Å²) in [6.07, 6.45) is 4.42. The fourth-order valence-electron chi connectivity index (χ4n) is 2.03. The van der Waals surface area contributed by atoms with Crippen LogP contribution in [0.5, 0.6) is 0 Å². The minimum Gasteiger partial charge on any atom is -0.399 e. The van der Waals surface area contributed by atoms with Crippen LogP contribution in [-0.4, -0.2) is 11.5 Å². The van der Waals surface area contributed by atoms with Crippen molar-refractivity contribution in [2.45, 2.75) is 19.8 Å². The molecule has 0 atom stereocenters. The zero-order valence-corrected chi connectivity index (χ0v) is 8.53. The third-order valence-electron chi connectivity index (χ3n) is 2.83. The summed E-state index contributed by atoms with van der Waals surface area (Å²) in [6.45, 7) is 3.33. The molecule has 3 N–H and O–H groups in total. The lowest BCUT2D eigenvalue weighted by Crippen LogP contribution is -2.27. The summed E-state index contributed by atoms with van der Waals surface area (Å²) in [6, 6.07) is 3.68. The Hall–Kier alpha value is -1.25. The summed E-state index contributed by atoms with van der Waals surface area (Å²) in [5.74, 6) is 2.63. The standard InChI is InChI=1S/C11H17N3/c1-8-4-9(5-8)7-14-11-6-10(12)2-3-13-11/h2-3,6,8-9H,4-5,7H2,1H3,(H3,12,13,14). The molecule has 0 spiro atoms. The normalized spacial score (nSPS) is 25.5. The van der Waals surface area contributed by atoms with Gasteiger partial charge in [-0.05, 0) is 30.7 Å². The molecule has 1 heterocycles. The fraction of sp³-hybridized carbons (Fsp3) is 0.545. The predicted octanol–water partition coefficient (Wildman–Crippen LogP) is 2.12. The van der Waals surface area contributed by atoms with Crippen LogP contribution in [0.15, 0.2) is 18.3 Å². The molecule has 0 radical (unpaired) electrons. The molecular weight excluding hydrogens is 174 g/mol. The number of nitrogen functional groups attached to an aromatic ring is 1. The van der Waals surface area contributed by atoms with Crippen LogP contribution in [0.2, 0.25) is 0 Å². The molecule has 0 saturated heterocycles. The quantitative estimate of drug-likeness (QED) is 0.769. The van der Waals surface area contributed by atoms with Crippen molar-refractivity contribution >= 4 is 11.5 Å². The molecule has 0 unspecified atom stereocenters. The molecule has 1 aromatic heterocycles. The molecule has 76 valence electrons. The molecule has 1 aliphatic carbocycles. The van der Waals surface area contributed by atoms with E-state index in [1.807, 2.05) is 6.07 Å². The highest BCUT2D eigenvalue weighted by Crippen LogP contribution is 2.32. The molecule has 3 nitrogen and oxygen atoms in total. The molecule has 14 heavy (non-hydrogen) atoms. The SMILES string of the molecule is CC1CC(CNc2cc(N)ccn2)C1. The molecule has 0 amide bonds. The Morgan fingerprint density at radius 1 is 1.57 bits per heavy atom. The Labute approximate surface area is 84.7 Å². The van der Waals surface area contributed by atoms with Crippen LogP contribution in [0.25, 0.3) is 0 Å². The zero-order chi connectivity index (χ0) is 9.97. The van der Waals surface area contributed by atoms with Crippen LogP contribution < -0.4 is 11.1 Å². The number of nitrogens with one attached hydrogen (secondary N) is 1. The minimum absolute atomic E-state index is 0.768. The molecule has 1 aliphatic rings. The van der Waals surface area contributed by atoms with E-state index in [0.29, 0.717) is 0 Å². The molecule has 1 fully saturated rings. The first-order valence-electron chi connectivity index (χ1n) is 5.19. The number of nitrogens with two attached hydrogens (primary N) is 1. The van der Waals surface area contributed by atoms with Crippen molar-refractivity contribution in [1.82, 2.24) is 4.98 Å². The van der Waals surface area contributed by atoms with E-state index in [1.165, 1.54) is 12.8 Å². The number of aromatic nitrogens is 1. The van der Waals surface area contributed by atoms with Crippen LogP contribution in [0, 0.1) is 11.8 Å². The average Bonchev–Trinajstić information content (AvgIpc) is 2.11. The van der Waals surface area contributed by atoms with E-state index >= 15 is 0 Å². The van der Waals surface area contributed by atoms with Crippen LogP contribution in [0.4, 0.5) is 11.5 Å². The highest BCUT2D eigenvalue weighted by molar-refractivity contribution is 5.48. The number of rotatable bonds is 3. The molecule has 0 aromatic carbocycles. The van der Waals surface area contributed by atoms with E-state index < -0.39 is 0 Å². The molecule has 0 bridgehead atoms. The first-order valence-corrected chi connectivity index (χ1v) is 5.19. The topological polar surface area (TPSA) is 50.9 Å². The van der Waals surface area contributed by atoms with Crippen molar-refractivity contribution in [3.8, 4) is 0 Å². The second kappa shape index (κ2) is 3.86. The highest BCUT2D eigenvalue weighted by Gasteiger charge is 2.24. The number of nitrogens with zero attached hydrogens (tertiary/aromatic N) is 1. The van der Waals surface area contributed by atoms with Gasteiger partial charge in [0.25, 0.3) is 0 Å². The Kier molecular flexibility index (Phi) is 2.57. The predicted molar refractivity (Wildman–Crippen MR) is 59.0 cm³/mol. The van der Waals surface area contributed by atoms with Gasteiger partial charge in [-0.1, -0.05) is 6.92 Å². The van der Waals surface area contributed by atoms with Crippen molar-refractivity contribution in [2.75, 3.05) is 17.6 Å². The van der Waals surface area contributed by atoms with Crippen LogP contribution in [-0.2, 0) is 0 Å². The minimum atomic E-state index is 0.768. The van der Waals surface area contributed by atoms with E-state index in [9.17, 15) is 0 Å². The maximum Gasteiger partial charge on any atom is 0.127 e. The first kappa shape index (κ1) is 9.31. The van der Waals surface area contributed by atoms with E-state index in [4.69, 9.17) is 5.73 Å². The third kappa shape index (κ3) is 2.16. The van der Waals surface area contributed by atoms with E-state index in [2.05, 4.69) is 17.2 Å². The van der Waals surface area contributed by atoms with Gasteiger partial charge in [0.2, 0.25) is 0 Å². The summed E-state index contributed by atoms with van der Waals surface area (Å²) in [5.41, 5.74) is 6.42. The molecule has 0 aliphatic heterocycles. The van der Waals surface area contributed by atoms with E-state index in [1.54, 1.807) is 12.3 Å². The maximum atomic E-state index is 5.65. The second-order valence-electron chi connectivity index (χ2n) is 4.30. The van der Waals surface area contributed by atoms with Gasteiger partial charge < -0.3 is 11.1 Å². The van der Waals surface area contributed by atoms with Gasteiger partial charge in [0.05, 0.1) is 0 Å². The molecule has 3 heteroatoms. The van der Waals surface area contributed by atoms with Crippen molar-refractivity contribution in [3.05, 3.63) is 18.3 Å². The van der Waals surface area contributed by atoms with Gasteiger partial charge in [0.1, 0.15) is 5.82 Å². The average molecular weight is 191 g/mol. The van der Waals surface area contributed by atoms with Crippen LogP contribution in [0.3, 0.4) is 0 Å². The summed E-state index contributed by atoms with van der Waals surface area (Å²) in [4.78, 5) is 4.20. The van der Waals surface area contributed by atoms with Gasteiger partial charge >= 0.3 is 0 Å². The summed E-state index contributed by atoms with van der Waals surface area (Å²) in [7, 11) is 0. The van der Waals surface area contributed by atoms with Gasteiger partial charge in [0.15, 0.2) is 0 Å². The fourth-order valence-corrected chi connectivity index (χ4v) is 2.03. The maximum absolute atomic E-state index is 5.65. The molecule has 1 aromatic rings. The number of hydrogen-bond donors (Lipinski definition) is 2. The lowest BCUT2D eigenvalue weighted by Gasteiger charge is -2.32. The number of pyridine rings is 1. The van der Waals surface area contributed by atoms with Crippen molar-refractivity contribution < 1.29 is 0 Å². The van der Waals surface area contributed by atoms with E-state index in [0.717, 1.165) is 29.9 Å².